The number of hydrogen-bond acceptors (Lipinski definition) is 4. The maximum Gasteiger partial charge on any atom is 0.260 e. The summed E-state index contributed by atoms with van der Waals surface area (Å²) in [5.74, 6) is -0.288. The van der Waals surface area contributed by atoms with Gasteiger partial charge in [-0.15, -0.1) is 0 Å². The quantitative estimate of drug-likeness (QED) is 0.325. The van der Waals surface area contributed by atoms with Crippen molar-refractivity contribution >= 4 is 31.5 Å². The zero-order valence-corrected chi connectivity index (χ0v) is 21.3. The maximum absolute atomic E-state index is 13.3. The molecule has 2 heterocycles. The van der Waals surface area contributed by atoms with Crippen molar-refractivity contribution in [3.05, 3.63) is 58.3 Å². The Kier molecular flexibility index (Phi) is 7.55. The van der Waals surface area contributed by atoms with Crippen molar-refractivity contribution < 1.29 is 14.0 Å². The molecule has 1 aromatic carbocycles. The number of amides is 2. The second-order valence-corrected chi connectivity index (χ2v) is 15.6. The number of hydrogen-bond donors (Lipinski definition) is 0. The number of carbonyl (C=O) groups excluding carboxylic acids is 2. The van der Waals surface area contributed by atoms with E-state index >= 15 is 0 Å². The van der Waals surface area contributed by atoms with Gasteiger partial charge >= 0.3 is 0 Å². The summed E-state index contributed by atoms with van der Waals surface area (Å²) in [6.45, 7) is 13.3. The van der Waals surface area contributed by atoms with Gasteiger partial charge in [-0.1, -0.05) is 71.9 Å². The van der Waals surface area contributed by atoms with E-state index in [4.69, 9.17) is 4.43 Å². The van der Waals surface area contributed by atoms with Crippen LogP contribution in [0.15, 0.2) is 47.2 Å². The van der Waals surface area contributed by atoms with Crippen LogP contribution in [-0.2, 0) is 20.4 Å². The lowest BCUT2D eigenvalue weighted by molar-refractivity contribution is -0.173. The number of aryl methyl sites for hydroxylation is 1. The van der Waals surface area contributed by atoms with Crippen LogP contribution in [0.5, 0.6) is 0 Å². The van der Waals surface area contributed by atoms with Crippen LogP contribution in [0.25, 0.3) is 0 Å². The van der Waals surface area contributed by atoms with Crippen LogP contribution in [0.4, 0.5) is 0 Å². The van der Waals surface area contributed by atoms with E-state index in [2.05, 4.69) is 41.5 Å². The number of β-lactam (4-membered cyclic amide) rings is 1. The van der Waals surface area contributed by atoms with E-state index in [1.165, 1.54) is 4.90 Å². The van der Waals surface area contributed by atoms with Crippen LogP contribution in [0.3, 0.4) is 0 Å². The fourth-order valence-corrected chi connectivity index (χ4v) is 11.4. The Bertz CT molecular complexity index is 858. The summed E-state index contributed by atoms with van der Waals surface area (Å²) in [6.07, 6.45) is 0.396. The van der Waals surface area contributed by atoms with Gasteiger partial charge in [-0.25, -0.2) is 0 Å². The van der Waals surface area contributed by atoms with Gasteiger partial charge in [0, 0.05) is 6.42 Å². The molecule has 4 nitrogen and oxygen atoms in total. The minimum absolute atomic E-state index is 0.115. The van der Waals surface area contributed by atoms with Crippen molar-refractivity contribution in [3.8, 4) is 0 Å². The van der Waals surface area contributed by atoms with Gasteiger partial charge in [-0.3, -0.25) is 14.5 Å². The molecule has 1 aromatic heterocycles. The first-order valence-corrected chi connectivity index (χ1v) is 14.4. The molecule has 2 aromatic rings. The zero-order chi connectivity index (χ0) is 22.8. The Morgan fingerprint density at radius 1 is 1.03 bits per heavy atom. The summed E-state index contributed by atoms with van der Waals surface area (Å²) < 4.78 is 6.85. The van der Waals surface area contributed by atoms with Crippen molar-refractivity contribution in [2.24, 2.45) is 0 Å². The van der Waals surface area contributed by atoms with Crippen molar-refractivity contribution in [1.82, 2.24) is 4.90 Å². The van der Waals surface area contributed by atoms with Gasteiger partial charge in [-0.2, -0.15) is 11.3 Å². The maximum atomic E-state index is 13.3. The number of carbonyl (C=O) groups is 2. The van der Waals surface area contributed by atoms with Crippen LogP contribution in [0.1, 0.15) is 65.1 Å². The average Bonchev–Trinajstić information content (AvgIpc) is 3.24. The van der Waals surface area contributed by atoms with E-state index in [0.717, 1.165) is 11.1 Å². The highest BCUT2D eigenvalue weighted by Crippen LogP contribution is 2.48. The fraction of sp³-hybridized carbons (Fsp3) is 0.520. The highest BCUT2D eigenvalue weighted by molar-refractivity contribution is 7.08. The Morgan fingerprint density at radius 3 is 2.16 bits per heavy atom. The smallest absolute Gasteiger partial charge is 0.260 e. The molecule has 2 amide bonds. The van der Waals surface area contributed by atoms with Crippen LogP contribution in [0.2, 0.25) is 16.6 Å². The third kappa shape index (κ3) is 4.57. The zero-order valence-electron chi connectivity index (χ0n) is 19.5. The molecule has 3 rings (SSSR count). The van der Waals surface area contributed by atoms with Crippen LogP contribution in [-0.4, -0.2) is 31.1 Å². The largest absolute Gasteiger partial charge is 0.402 e. The minimum atomic E-state index is -2.25. The first-order chi connectivity index (χ1) is 14.7. The lowest BCUT2D eigenvalue weighted by Gasteiger charge is -2.52. The second kappa shape index (κ2) is 9.80. The van der Waals surface area contributed by atoms with Gasteiger partial charge in [0.05, 0.1) is 6.04 Å². The number of nitrogens with zero attached hydrogens (tertiary/aromatic N) is 1. The lowest BCUT2D eigenvalue weighted by Crippen LogP contribution is -2.66. The molecule has 1 saturated heterocycles. The highest BCUT2D eigenvalue weighted by atomic mass is 32.1. The predicted octanol–water partition coefficient (Wildman–Crippen LogP) is 6.35. The number of thiophene rings is 1. The molecular formula is C25H35NO3SSi. The molecule has 0 saturated carbocycles. The van der Waals surface area contributed by atoms with Crippen molar-refractivity contribution in [2.45, 2.75) is 83.2 Å². The van der Waals surface area contributed by atoms with Gasteiger partial charge in [0.1, 0.15) is 0 Å². The van der Waals surface area contributed by atoms with Crippen molar-refractivity contribution in [2.75, 3.05) is 0 Å². The van der Waals surface area contributed by atoms with Crippen LogP contribution < -0.4 is 0 Å². The second-order valence-electron chi connectivity index (χ2n) is 9.45. The van der Waals surface area contributed by atoms with E-state index in [-0.39, 0.29) is 17.9 Å². The summed E-state index contributed by atoms with van der Waals surface area (Å²) in [7, 11) is -2.25. The normalized spacial score (nSPS) is 19.4. The summed E-state index contributed by atoms with van der Waals surface area (Å²) in [5, 5.41) is 4.04. The number of imide groups is 1. The SMILES string of the molecule is CC(C)[Si](O[C@H]1C(=O)N(C(=O)CCc2ccccc2)[C@H]1c1ccsc1)(C(C)C)C(C)C. The molecule has 0 N–H and O–H groups in total. The van der Waals surface area contributed by atoms with E-state index in [0.29, 0.717) is 29.5 Å². The first-order valence-electron chi connectivity index (χ1n) is 11.3. The molecule has 0 radical (unpaired) electrons. The van der Waals surface area contributed by atoms with Gasteiger partial charge in [0.15, 0.2) is 6.10 Å². The third-order valence-corrected chi connectivity index (χ3v) is 13.5. The topological polar surface area (TPSA) is 46.6 Å². The molecule has 1 fully saturated rings. The highest BCUT2D eigenvalue weighted by Gasteiger charge is 2.57. The molecule has 0 aliphatic carbocycles. The molecule has 31 heavy (non-hydrogen) atoms. The molecule has 0 spiro atoms. The molecule has 1 aliphatic rings. The van der Waals surface area contributed by atoms with Crippen molar-refractivity contribution in [1.29, 1.82) is 0 Å². The standard InChI is InChI=1S/C25H35NO3SSi/c1-17(2)31(18(3)4,19(5)6)29-24-23(21-14-15-30-16-21)26(25(24)28)22(27)13-12-20-10-8-7-9-11-20/h7-11,14-19,23-24H,12-13H2,1-6H3/t23-,24+/m0/s1. The molecule has 1 aliphatic heterocycles. The average molecular weight is 458 g/mol. The fourth-order valence-electron chi connectivity index (χ4n) is 5.27. The molecule has 0 unspecified atom stereocenters. The van der Waals surface area contributed by atoms with Crippen LogP contribution in [0, 0.1) is 0 Å². The first kappa shape index (κ1) is 23.9. The molecule has 168 valence electrons. The van der Waals surface area contributed by atoms with Gasteiger partial charge in [-0.05, 0) is 51.0 Å². The summed E-state index contributed by atoms with van der Waals surface area (Å²) in [4.78, 5) is 27.8. The van der Waals surface area contributed by atoms with Crippen molar-refractivity contribution in [3.63, 3.8) is 0 Å². The van der Waals surface area contributed by atoms with E-state index in [1.807, 2.05) is 47.2 Å². The summed E-state index contributed by atoms with van der Waals surface area (Å²) in [6, 6.07) is 11.6. The van der Waals surface area contributed by atoms with Gasteiger partial charge in [0.25, 0.3) is 5.91 Å². The van der Waals surface area contributed by atoms with E-state index < -0.39 is 14.4 Å². The predicted molar refractivity (Wildman–Crippen MR) is 130 cm³/mol. The van der Waals surface area contributed by atoms with E-state index in [1.54, 1.807) is 11.3 Å². The van der Waals surface area contributed by atoms with Gasteiger partial charge < -0.3 is 4.43 Å². The number of likely N-dealkylation sites (tertiary alicyclic amines) is 1. The summed E-state index contributed by atoms with van der Waals surface area (Å²) >= 11 is 1.59. The Balaban J connectivity index is 1.83. The molecular weight excluding hydrogens is 422 g/mol. The Labute approximate surface area is 191 Å². The summed E-state index contributed by atoms with van der Waals surface area (Å²) in [5.41, 5.74) is 3.25. The minimum Gasteiger partial charge on any atom is -0.402 e. The molecule has 0 bridgehead atoms. The van der Waals surface area contributed by atoms with E-state index in [9.17, 15) is 9.59 Å². The Hall–Kier alpha value is -1.76. The van der Waals surface area contributed by atoms with Crippen LogP contribution >= 0.6 is 11.3 Å². The molecule has 2 atom stereocenters. The van der Waals surface area contributed by atoms with Gasteiger partial charge in [0.2, 0.25) is 14.2 Å². The monoisotopic (exact) mass is 457 g/mol. The lowest BCUT2D eigenvalue weighted by atomic mass is 9.92. The Morgan fingerprint density at radius 2 is 1.65 bits per heavy atom. The number of rotatable bonds is 9. The molecule has 6 heteroatoms. The third-order valence-electron chi connectivity index (χ3n) is 6.71. The number of benzene rings is 1.